The molecule has 2 rings (SSSR count). The van der Waals surface area contributed by atoms with Gasteiger partial charge in [-0.15, -0.1) is 0 Å². The largest absolute Gasteiger partial charge is 0.497 e. The van der Waals surface area contributed by atoms with Crippen LogP contribution in [0.25, 0.3) is 0 Å². The van der Waals surface area contributed by atoms with Crippen molar-refractivity contribution in [2.45, 2.75) is 25.7 Å². The van der Waals surface area contributed by atoms with Crippen LogP contribution in [-0.4, -0.2) is 50.6 Å². The van der Waals surface area contributed by atoms with E-state index in [0.29, 0.717) is 29.4 Å². The van der Waals surface area contributed by atoms with Crippen molar-refractivity contribution in [2.75, 3.05) is 28.4 Å². The number of rotatable bonds is 13. The number of hydrogen-bond acceptors (Lipinski definition) is 6. The smallest absolute Gasteiger partial charge is 0.307 e. The van der Waals surface area contributed by atoms with Crippen LogP contribution in [0.2, 0.25) is 0 Å². The first kappa shape index (κ1) is 24.8. The molecule has 2 aromatic carbocycles. The zero-order valence-corrected chi connectivity index (χ0v) is 18.8. The van der Waals surface area contributed by atoms with E-state index in [2.05, 4.69) is 0 Å². The summed E-state index contributed by atoms with van der Waals surface area (Å²) < 4.78 is 21.2. The second kappa shape index (κ2) is 11.8. The fourth-order valence-electron chi connectivity index (χ4n) is 3.74. The Morgan fingerprint density at radius 2 is 1.12 bits per heavy atom. The molecule has 0 aromatic heterocycles. The fourth-order valence-corrected chi connectivity index (χ4v) is 3.74. The van der Waals surface area contributed by atoms with Crippen molar-refractivity contribution in [3.05, 3.63) is 47.5 Å². The van der Waals surface area contributed by atoms with Crippen molar-refractivity contribution < 1.29 is 38.7 Å². The second-order valence-electron chi connectivity index (χ2n) is 7.49. The molecule has 2 N–H and O–H groups in total. The zero-order chi connectivity index (χ0) is 23.7. The maximum atomic E-state index is 12.3. The molecule has 174 valence electrons. The van der Waals surface area contributed by atoms with Gasteiger partial charge in [0.2, 0.25) is 0 Å². The van der Waals surface area contributed by atoms with Crippen LogP contribution in [0.15, 0.2) is 36.4 Å². The predicted octanol–water partition coefficient (Wildman–Crippen LogP) is 3.69. The Kier molecular flexibility index (Phi) is 9.19. The van der Waals surface area contributed by atoms with Gasteiger partial charge in [-0.05, 0) is 60.6 Å². The number of ether oxygens (including phenoxy) is 4. The fraction of sp³-hybridized carbons (Fsp3) is 0.417. The highest BCUT2D eigenvalue weighted by Gasteiger charge is 2.30. The molecule has 8 nitrogen and oxygen atoms in total. The Morgan fingerprint density at radius 3 is 1.47 bits per heavy atom. The summed E-state index contributed by atoms with van der Waals surface area (Å²) in [4.78, 5) is 23.5. The molecule has 32 heavy (non-hydrogen) atoms. The molecule has 0 aliphatic rings. The minimum atomic E-state index is -0.989. The summed E-state index contributed by atoms with van der Waals surface area (Å²) in [6, 6.07) is 10.6. The summed E-state index contributed by atoms with van der Waals surface area (Å²) in [7, 11) is 6.13. The summed E-state index contributed by atoms with van der Waals surface area (Å²) in [5, 5.41) is 19.3. The van der Waals surface area contributed by atoms with Gasteiger partial charge in [-0.25, -0.2) is 0 Å². The second-order valence-corrected chi connectivity index (χ2v) is 7.49. The Labute approximate surface area is 187 Å². The molecule has 0 amide bonds. The first-order valence-electron chi connectivity index (χ1n) is 10.2. The lowest BCUT2D eigenvalue weighted by Crippen LogP contribution is -2.28. The molecule has 0 aliphatic heterocycles. The molecule has 0 radical (unpaired) electrons. The summed E-state index contributed by atoms with van der Waals surface area (Å²) in [6.07, 6.45) is 0.650. The van der Waals surface area contributed by atoms with Gasteiger partial charge in [0.1, 0.15) is 23.0 Å². The third kappa shape index (κ3) is 7.08. The summed E-state index contributed by atoms with van der Waals surface area (Å²) in [5.74, 6) is -0.920. The molecule has 0 fully saturated rings. The number of methoxy groups -OCH3 is 4. The van der Waals surface area contributed by atoms with Crippen LogP contribution in [0.5, 0.6) is 23.0 Å². The Morgan fingerprint density at radius 1 is 0.719 bits per heavy atom. The number of carboxylic acid groups (broad SMARTS) is 2. The maximum absolute atomic E-state index is 12.3. The Balaban J connectivity index is 2.39. The lowest BCUT2D eigenvalue weighted by molar-refractivity contribution is -0.145. The molecule has 0 saturated heterocycles. The van der Waals surface area contributed by atoms with E-state index in [1.807, 2.05) is 12.1 Å². The van der Waals surface area contributed by atoms with Gasteiger partial charge in [0, 0.05) is 18.6 Å². The molecule has 0 unspecified atom stereocenters. The van der Waals surface area contributed by atoms with Crippen LogP contribution in [0.4, 0.5) is 0 Å². The van der Waals surface area contributed by atoms with Gasteiger partial charge in [-0.2, -0.15) is 0 Å². The van der Waals surface area contributed by atoms with E-state index in [4.69, 9.17) is 18.9 Å². The summed E-state index contributed by atoms with van der Waals surface area (Å²) >= 11 is 0. The molecule has 0 heterocycles. The van der Waals surface area contributed by atoms with E-state index in [9.17, 15) is 19.8 Å². The SMILES string of the molecule is COc1cc(C[C@@H](CCC(=O)O)[C@@H](Cc2cc(OC)cc(OC)c2)C(=O)O)cc(OC)c1. The van der Waals surface area contributed by atoms with E-state index in [1.54, 1.807) is 24.3 Å². The Bertz CT molecular complexity index is 880. The topological polar surface area (TPSA) is 112 Å². The highest BCUT2D eigenvalue weighted by Crippen LogP contribution is 2.32. The van der Waals surface area contributed by atoms with E-state index in [0.717, 1.165) is 11.1 Å². The zero-order valence-electron chi connectivity index (χ0n) is 18.8. The third-order valence-corrected chi connectivity index (χ3v) is 5.39. The quantitative estimate of drug-likeness (QED) is 0.479. The molecule has 0 saturated carbocycles. The van der Waals surface area contributed by atoms with E-state index in [-0.39, 0.29) is 19.3 Å². The lowest BCUT2D eigenvalue weighted by atomic mass is 9.80. The van der Waals surface area contributed by atoms with Crippen molar-refractivity contribution in [3.8, 4) is 23.0 Å². The Hall–Kier alpha value is -3.42. The highest BCUT2D eigenvalue weighted by atomic mass is 16.5. The van der Waals surface area contributed by atoms with Gasteiger partial charge in [-0.3, -0.25) is 9.59 Å². The normalized spacial score (nSPS) is 12.5. The van der Waals surface area contributed by atoms with Gasteiger partial charge < -0.3 is 29.2 Å². The van der Waals surface area contributed by atoms with E-state index in [1.165, 1.54) is 28.4 Å². The standard InChI is InChI=1S/C24H30O8/c1-29-18-8-15(9-19(13-18)30-2)7-17(5-6-23(25)26)22(24(27)28)12-16-10-20(31-3)14-21(11-16)32-4/h8-11,13-14,17,22H,5-7,12H2,1-4H3,(H,25,26)(H,27,28)/t17-,22-/m1/s1. The summed E-state index contributed by atoms with van der Waals surface area (Å²) in [5.41, 5.74) is 1.54. The van der Waals surface area contributed by atoms with Gasteiger partial charge in [0.05, 0.1) is 34.4 Å². The number of benzene rings is 2. The van der Waals surface area contributed by atoms with E-state index >= 15 is 0 Å². The number of hydrogen-bond donors (Lipinski definition) is 2. The minimum Gasteiger partial charge on any atom is -0.497 e. The molecule has 2 atom stereocenters. The van der Waals surface area contributed by atoms with Crippen molar-refractivity contribution in [1.82, 2.24) is 0 Å². The molecule has 0 aliphatic carbocycles. The van der Waals surface area contributed by atoms with Crippen LogP contribution in [0.1, 0.15) is 24.0 Å². The monoisotopic (exact) mass is 446 g/mol. The molecule has 2 aromatic rings. The first-order valence-corrected chi connectivity index (χ1v) is 10.2. The van der Waals surface area contributed by atoms with Crippen LogP contribution >= 0.6 is 0 Å². The third-order valence-electron chi connectivity index (χ3n) is 5.39. The number of aliphatic carboxylic acids is 2. The average molecular weight is 446 g/mol. The van der Waals surface area contributed by atoms with Crippen molar-refractivity contribution >= 4 is 11.9 Å². The first-order chi connectivity index (χ1) is 15.3. The van der Waals surface area contributed by atoms with E-state index < -0.39 is 23.8 Å². The van der Waals surface area contributed by atoms with Gasteiger partial charge >= 0.3 is 11.9 Å². The van der Waals surface area contributed by atoms with Crippen LogP contribution in [0, 0.1) is 11.8 Å². The average Bonchev–Trinajstić information content (AvgIpc) is 2.79. The van der Waals surface area contributed by atoms with Crippen LogP contribution < -0.4 is 18.9 Å². The van der Waals surface area contributed by atoms with Gasteiger partial charge in [0.25, 0.3) is 0 Å². The van der Waals surface area contributed by atoms with Gasteiger partial charge in [-0.1, -0.05) is 0 Å². The van der Waals surface area contributed by atoms with Gasteiger partial charge in [0.15, 0.2) is 0 Å². The maximum Gasteiger partial charge on any atom is 0.307 e. The minimum absolute atomic E-state index is 0.128. The molecular weight excluding hydrogens is 416 g/mol. The highest BCUT2D eigenvalue weighted by molar-refractivity contribution is 5.71. The molecule has 0 spiro atoms. The molecule has 0 bridgehead atoms. The molecule has 8 heteroatoms. The number of carboxylic acids is 2. The summed E-state index contributed by atoms with van der Waals surface area (Å²) in [6.45, 7) is 0. The lowest BCUT2D eigenvalue weighted by Gasteiger charge is -2.25. The predicted molar refractivity (Wildman–Crippen MR) is 118 cm³/mol. The van der Waals surface area contributed by atoms with Crippen molar-refractivity contribution in [3.63, 3.8) is 0 Å². The number of carbonyl (C=O) groups is 2. The molecular formula is C24H30O8. The van der Waals surface area contributed by atoms with Crippen LogP contribution in [0.3, 0.4) is 0 Å². The van der Waals surface area contributed by atoms with Crippen molar-refractivity contribution in [2.24, 2.45) is 11.8 Å². The van der Waals surface area contributed by atoms with Crippen molar-refractivity contribution in [1.29, 1.82) is 0 Å². The van der Waals surface area contributed by atoms with Crippen LogP contribution in [-0.2, 0) is 22.4 Å².